The van der Waals surface area contributed by atoms with E-state index in [1.54, 1.807) is 6.07 Å². The van der Waals surface area contributed by atoms with Gasteiger partial charge in [-0.3, -0.25) is 0 Å². The van der Waals surface area contributed by atoms with Crippen molar-refractivity contribution in [1.29, 1.82) is 0 Å². The number of aryl methyl sites for hydroxylation is 1. The molecule has 102 valence electrons. The van der Waals surface area contributed by atoms with Gasteiger partial charge in [0.25, 0.3) is 0 Å². The van der Waals surface area contributed by atoms with Crippen LogP contribution in [0.5, 0.6) is 5.75 Å². The summed E-state index contributed by atoms with van der Waals surface area (Å²) in [7, 11) is 0. The lowest BCUT2D eigenvalue weighted by Crippen LogP contribution is -1.98. The first-order valence-electron chi connectivity index (χ1n) is 6.36. The molecule has 0 aliphatic carbocycles. The molecule has 0 aliphatic heterocycles. The highest BCUT2D eigenvalue weighted by Gasteiger charge is 2.02. The fourth-order valence-corrected chi connectivity index (χ4v) is 1.78. The molecule has 0 bridgehead atoms. The molecule has 0 amide bonds. The van der Waals surface area contributed by atoms with Crippen molar-refractivity contribution in [2.24, 2.45) is 5.73 Å². The predicted molar refractivity (Wildman–Crippen MR) is 77.8 cm³/mol. The zero-order valence-corrected chi connectivity index (χ0v) is 11.3. The monoisotopic (exact) mass is 269 g/mol. The molecular weight excluding hydrogens is 253 g/mol. The number of hydrogen-bond acceptors (Lipinski definition) is 2. The van der Waals surface area contributed by atoms with Gasteiger partial charge in [-0.1, -0.05) is 30.0 Å². The average molecular weight is 269 g/mol. The predicted octanol–water partition coefficient (Wildman–Crippen LogP) is 3.02. The summed E-state index contributed by atoms with van der Waals surface area (Å²) in [6.07, 6.45) is 0. The number of nitrogens with two attached hydrogens (primary N) is 1. The zero-order valence-electron chi connectivity index (χ0n) is 11.3. The van der Waals surface area contributed by atoms with Gasteiger partial charge in [0.1, 0.15) is 18.2 Å². The van der Waals surface area contributed by atoms with E-state index in [2.05, 4.69) is 11.8 Å². The molecule has 0 aliphatic rings. The Morgan fingerprint density at radius 3 is 2.85 bits per heavy atom. The van der Waals surface area contributed by atoms with E-state index in [1.807, 2.05) is 31.2 Å². The summed E-state index contributed by atoms with van der Waals surface area (Å²) >= 11 is 0. The highest BCUT2D eigenvalue weighted by molar-refractivity contribution is 5.38. The molecule has 2 aromatic carbocycles. The Bertz CT molecular complexity index is 656. The quantitative estimate of drug-likeness (QED) is 0.869. The van der Waals surface area contributed by atoms with Gasteiger partial charge in [0.05, 0.1) is 6.54 Å². The highest BCUT2D eigenvalue weighted by Crippen LogP contribution is 2.20. The van der Waals surface area contributed by atoms with Gasteiger partial charge in [0, 0.05) is 11.6 Å². The third kappa shape index (κ3) is 3.84. The first kappa shape index (κ1) is 14.1. The lowest BCUT2D eigenvalue weighted by Gasteiger charge is -2.09. The van der Waals surface area contributed by atoms with E-state index < -0.39 is 0 Å². The summed E-state index contributed by atoms with van der Waals surface area (Å²) < 4.78 is 18.8. The topological polar surface area (TPSA) is 35.2 Å². The molecule has 0 fully saturated rings. The third-order valence-electron chi connectivity index (χ3n) is 2.81. The van der Waals surface area contributed by atoms with E-state index in [-0.39, 0.29) is 5.82 Å². The Balaban J connectivity index is 2.09. The highest BCUT2D eigenvalue weighted by atomic mass is 19.1. The van der Waals surface area contributed by atoms with Crippen LogP contribution in [0.25, 0.3) is 0 Å². The lowest BCUT2D eigenvalue weighted by atomic mass is 10.1. The van der Waals surface area contributed by atoms with Gasteiger partial charge in [0.15, 0.2) is 0 Å². The molecule has 2 nitrogen and oxygen atoms in total. The number of rotatable bonds is 3. The summed E-state index contributed by atoms with van der Waals surface area (Å²) in [5.41, 5.74) is 8.13. The molecule has 0 spiro atoms. The molecule has 3 heteroatoms. The second-order valence-electron chi connectivity index (χ2n) is 4.40. The molecule has 2 N–H and O–H groups in total. The standard InChI is InChI=1S/C17H16FNO/c1-13-7-8-16(18)11-17(13)20-12-15-5-2-4-14(10-15)6-3-9-19/h2,4-5,7-8,10-11H,9,12,19H2,1H3. The molecule has 2 rings (SSSR count). The molecule has 2 aromatic rings. The first-order chi connectivity index (χ1) is 9.69. The number of ether oxygens (including phenoxy) is 1. The fraction of sp³-hybridized carbons (Fsp3) is 0.176. The third-order valence-corrected chi connectivity index (χ3v) is 2.81. The van der Waals surface area contributed by atoms with Crippen molar-refractivity contribution in [2.45, 2.75) is 13.5 Å². The summed E-state index contributed by atoms with van der Waals surface area (Å²) in [6, 6.07) is 12.2. The van der Waals surface area contributed by atoms with E-state index in [1.165, 1.54) is 12.1 Å². The molecular formula is C17H16FNO. The van der Waals surface area contributed by atoms with Crippen molar-refractivity contribution < 1.29 is 9.13 Å². The summed E-state index contributed by atoms with van der Waals surface area (Å²) in [5, 5.41) is 0. The second-order valence-corrected chi connectivity index (χ2v) is 4.40. The van der Waals surface area contributed by atoms with Crippen molar-refractivity contribution in [3.05, 3.63) is 65.0 Å². The van der Waals surface area contributed by atoms with E-state index in [0.29, 0.717) is 18.9 Å². The number of halogens is 1. The van der Waals surface area contributed by atoms with E-state index in [9.17, 15) is 4.39 Å². The van der Waals surface area contributed by atoms with Crippen LogP contribution in [0.2, 0.25) is 0 Å². The van der Waals surface area contributed by atoms with Crippen LogP contribution in [-0.4, -0.2) is 6.54 Å². The molecule has 0 unspecified atom stereocenters. The van der Waals surface area contributed by atoms with Crippen LogP contribution in [0.15, 0.2) is 42.5 Å². The van der Waals surface area contributed by atoms with E-state index in [4.69, 9.17) is 10.5 Å². The Labute approximate surface area is 118 Å². The van der Waals surface area contributed by atoms with Crippen LogP contribution in [-0.2, 0) is 6.61 Å². The largest absolute Gasteiger partial charge is 0.489 e. The lowest BCUT2D eigenvalue weighted by molar-refractivity contribution is 0.302. The van der Waals surface area contributed by atoms with Crippen LogP contribution in [0.4, 0.5) is 4.39 Å². The van der Waals surface area contributed by atoms with Gasteiger partial charge in [-0.2, -0.15) is 0 Å². The van der Waals surface area contributed by atoms with Crippen LogP contribution in [0, 0.1) is 24.6 Å². The minimum absolute atomic E-state index is 0.298. The maximum absolute atomic E-state index is 13.2. The molecule has 0 atom stereocenters. The SMILES string of the molecule is Cc1ccc(F)cc1OCc1cccc(C#CCN)c1. The Morgan fingerprint density at radius 1 is 1.20 bits per heavy atom. The molecule has 0 aromatic heterocycles. The van der Waals surface area contributed by atoms with E-state index >= 15 is 0 Å². The van der Waals surface area contributed by atoms with Crippen molar-refractivity contribution >= 4 is 0 Å². The van der Waals surface area contributed by atoms with E-state index in [0.717, 1.165) is 16.7 Å². The van der Waals surface area contributed by atoms with Crippen LogP contribution in [0.3, 0.4) is 0 Å². The average Bonchev–Trinajstić information content (AvgIpc) is 2.46. The first-order valence-corrected chi connectivity index (χ1v) is 6.36. The van der Waals surface area contributed by atoms with Crippen LogP contribution < -0.4 is 10.5 Å². The van der Waals surface area contributed by atoms with Crippen molar-refractivity contribution in [3.8, 4) is 17.6 Å². The van der Waals surface area contributed by atoms with Gasteiger partial charge in [-0.05, 0) is 36.2 Å². The van der Waals surface area contributed by atoms with Crippen molar-refractivity contribution in [1.82, 2.24) is 0 Å². The van der Waals surface area contributed by atoms with Crippen molar-refractivity contribution in [2.75, 3.05) is 6.54 Å². The molecule has 0 heterocycles. The normalized spacial score (nSPS) is 9.75. The summed E-state index contributed by atoms with van der Waals surface area (Å²) in [6.45, 7) is 2.60. The van der Waals surface area contributed by atoms with Crippen LogP contribution >= 0.6 is 0 Å². The summed E-state index contributed by atoms with van der Waals surface area (Å²) in [5.74, 6) is 6.04. The molecule has 0 saturated carbocycles. The van der Waals surface area contributed by atoms with Gasteiger partial charge < -0.3 is 10.5 Å². The minimum Gasteiger partial charge on any atom is -0.489 e. The molecule has 20 heavy (non-hydrogen) atoms. The number of hydrogen-bond donors (Lipinski definition) is 1. The Hall–Kier alpha value is -2.31. The maximum atomic E-state index is 13.2. The molecule has 0 radical (unpaired) electrons. The fourth-order valence-electron chi connectivity index (χ4n) is 1.78. The van der Waals surface area contributed by atoms with Crippen LogP contribution in [0.1, 0.15) is 16.7 Å². The Kier molecular flexibility index (Phi) is 4.75. The Morgan fingerprint density at radius 2 is 2.05 bits per heavy atom. The second kappa shape index (κ2) is 6.74. The number of benzene rings is 2. The summed E-state index contributed by atoms with van der Waals surface area (Å²) in [4.78, 5) is 0. The smallest absolute Gasteiger partial charge is 0.126 e. The molecule has 0 saturated heterocycles. The van der Waals surface area contributed by atoms with Gasteiger partial charge in [-0.15, -0.1) is 0 Å². The van der Waals surface area contributed by atoms with Crippen molar-refractivity contribution in [3.63, 3.8) is 0 Å². The van der Waals surface area contributed by atoms with Gasteiger partial charge in [0.2, 0.25) is 0 Å². The zero-order chi connectivity index (χ0) is 14.4. The van der Waals surface area contributed by atoms with Gasteiger partial charge in [-0.25, -0.2) is 4.39 Å². The van der Waals surface area contributed by atoms with Gasteiger partial charge >= 0.3 is 0 Å². The maximum Gasteiger partial charge on any atom is 0.126 e. The minimum atomic E-state index is -0.298.